The molecule has 128 valence electrons. The topological polar surface area (TPSA) is 37.8 Å². The van der Waals surface area contributed by atoms with Gasteiger partial charge in [0.15, 0.2) is 16.6 Å². The van der Waals surface area contributed by atoms with Crippen molar-refractivity contribution >= 4 is 28.1 Å². The molecule has 3 heterocycles. The van der Waals surface area contributed by atoms with E-state index in [4.69, 9.17) is 21.1 Å². The second-order valence-electron chi connectivity index (χ2n) is 6.07. The molecule has 1 aromatic carbocycles. The Hall–Kier alpha value is -1.50. The van der Waals surface area contributed by atoms with E-state index in [1.807, 2.05) is 11.4 Å². The van der Waals surface area contributed by atoms with E-state index < -0.39 is 0 Å². The van der Waals surface area contributed by atoms with E-state index in [-0.39, 0.29) is 0 Å². The van der Waals surface area contributed by atoms with Gasteiger partial charge in [0, 0.05) is 37.6 Å². The lowest BCUT2D eigenvalue weighted by molar-refractivity contribution is 0.173. The number of thiazole rings is 1. The van der Waals surface area contributed by atoms with Gasteiger partial charge in [-0.2, -0.15) is 0 Å². The number of ether oxygens (including phenoxy) is 2. The molecule has 0 radical (unpaired) electrons. The Morgan fingerprint density at radius 2 is 2.00 bits per heavy atom. The summed E-state index contributed by atoms with van der Waals surface area (Å²) in [5.74, 6) is 2.18. The highest BCUT2D eigenvalue weighted by atomic mass is 35.5. The summed E-state index contributed by atoms with van der Waals surface area (Å²) in [7, 11) is 0. The van der Waals surface area contributed by atoms with Crippen molar-refractivity contribution < 1.29 is 9.47 Å². The Balaban J connectivity index is 1.40. The third kappa shape index (κ3) is 3.06. The van der Waals surface area contributed by atoms with Gasteiger partial charge in [0.1, 0.15) is 0 Å². The molecule has 1 saturated heterocycles. The van der Waals surface area contributed by atoms with Crippen molar-refractivity contribution in [3.05, 3.63) is 34.8 Å². The zero-order valence-corrected chi connectivity index (χ0v) is 15.1. The van der Waals surface area contributed by atoms with Crippen molar-refractivity contribution in [3.63, 3.8) is 0 Å². The average molecular weight is 366 g/mol. The van der Waals surface area contributed by atoms with Gasteiger partial charge in [-0.15, -0.1) is 22.9 Å². The van der Waals surface area contributed by atoms with Crippen molar-refractivity contribution in [2.45, 2.75) is 18.8 Å². The maximum Gasteiger partial charge on any atom is 0.231 e. The van der Waals surface area contributed by atoms with Gasteiger partial charge in [0.25, 0.3) is 0 Å². The van der Waals surface area contributed by atoms with Gasteiger partial charge in [0.2, 0.25) is 6.79 Å². The Kier molecular flexibility index (Phi) is 4.52. The van der Waals surface area contributed by atoms with E-state index in [1.54, 1.807) is 11.3 Å². The van der Waals surface area contributed by atoms with Crippen molar-refractivity contribution in [2.24, 2.45) is 0 Å². The number of alkyl halides is 1. The molecule has 4 rings (SSSR count). The van der Waals surface area contributed by atoms with Gasteiger partial charge in [-0.05, 0) is 24.6 Å². The molecule has 24 heavy (non-hydrogen) atoms. The Morgan fingerprint density at radius 3 is 2.75 bits per heavy atom. The van der Waals surface area contributed by atoms with Crippen LogP contribution in [0, 0.1) is 0 Å². The summed E-state index contributed by atoms with van der Waals surface area (Å²) in [6.45, 7) is 6.59. The highest BCUT2D eigenvalue weighted by Crippen LogP contribution is 2.35. The van der Waals surface area contributed by atoms with Crippen molar-refractivity contribution in [1.82, 2.24) is 9.88 Å². The molecule has 1 aromatic heterocycles. The number of anilines is 1. The minimum absolute atomic E-state index is 0.323. The first-order chi connectivity index (χ1) is 11.7. The SMILES string of the molecule is CC(c1ccc2c(c1)OCO2)N1CCN(c2nc(CCl)cs2)CC1. The van der Waals surface area contributed by atoms with Crippen molar-refractivity contribution in [3.8, 4) is 11.5 Å². The average Bonchev–Trinajstić information content (AvgIpc) is 3.29. The molecule has 0 N–H and O–H groups in total. The Bertz CT molecular complexity index is 716. The van der Waals surface area contributed by atoms with E-state index in [2.05, 4.69) is 33.8 Å². The summed E-state index contributed by atoms with van der Waals surface area (Å²) < 4.78 is 10.9. The summed E-state index contributed by atoms with van der Waals surface area (Å²) >= 11 is 7.53. The molecule has 2 aliphatic heterocycles. The number of nitrogens with zero attached hydrogens (tertiary/aromatic N) is 3. The molecular formula is C17H20ClN3O2S. The Labute approximate surface area is 150 Å². The second-order valence-corrected chi connectivity index (χ2v) is 7.17. The van der Waals surface area contributed by atoms with Crippen LogP contribution < -0.4 is 14.4 Å². The van der Waals surface area contributed by atoms with Crippen LogP contribution in [0.4, 0.5) is 5.13 Å². The summed E-state index contributed by atoms with van der Waals surface area (Å²) in [4.78, 5) is 9.44. The summed E-state index contributed by atoms with van der Waals surface area (Å²) in [6, 6.07) is 6.61. The van der Waals surface area contributed by atoms with Crippen LogP contribution in [0.1, 0.15) is 24.2 Å². The van der Waals surface area contributed by atoms with Crippen LogP contribution in [0.2, 0.25) is 0 Å². The molecule has 2 aromatic rings. The van der Waals surface area contributed by atoms with E-state index in [1.165, 1.54) is 5.56 Å². The van der Waals surface area contributed by atoms with Gasteiger partial charge >= 0.3 is 0 Å². The molecule has 0 spiro atoms. The summed E-state index contributed by atoms with van der Waals surface area (Å²) in [5, 5.41) is 3.13. The number of fused-ring (bicyclic) bond motifs is 1. The molecule has 0 aliphatic carbocycles. The van der Waals surface area contributed by atoms with E-state index in [9.17, 15) is 0 Å². The third-order valence-electron chi connectivity index (χ3n) is 4.69. The number of aromatic nitrogens is 1. The number of benzene rings is 1. The molecule has 5 nitrogen and oxygen atoms in total. The molecule has 0 saturated carbocycles. The third-order valence-corrected chi connectivity index (χ3v) is 5.91. The molecule has 1 atom stereocenters. The molecule has 7 heteroatoms. The number of hydrogen-bond donors (Lipinski definition) is 0. The maximum atomic E-state index is 5.85. The van der Waals surface area contributed by atoms with Crippen LogP contribution in [0.15, 0.2) is 23.6 Å². The van der Waals surface area contributed by atoms with Gasteiger partial charge in [0.05, 0.1) is 11.6 Å². The van der Waals surface area contributed by atoms with Crippen molar-refractivity contribution in [1.29, 1.82) is 0 Å². The second kappa shape index (κ2) is 6.78. The van der Waals surface area contributed by atoms with Crippen LogP contribution >= 0.6 is 22.9 Å². The number of rotatable bonds is 4. The smallest absolute Gasteiger partial charge is 0.231 e. The predicted octanol–water partition coefficient (Wildman–Crippen LogP) is 3.49. The lowest BCUT2D eigenvalue weighted by Crippen LogP contribution is -2.47. The first kappa shape index (κ1) is 16.0. The predicted molar refractivity (Wildman–Crippen MR) is 96.4 cm³/mol. The van der Waals surface area contributed by atoms with Gasteiger partial charge in [-0.3, -0.25) is 4.90 Å². The van der Waals surface area contributed by atoms with E-state index in [0.29, 0.717) is 18.7 Å². The minimum atomic E-state index is 0.323. The molecule has 0 bridgehead atoms. The largest absolute Gasteiger partial charge is 0.454 e. The number of piperazine rings is 1. The molecule has 1 unspecified atom stereocenters. The highest BCUT2D eigenvalue weighted by molar-refractivity contribution is 7.13. The normalized spacial score (nSPS) is 18.8. The van der Waals surface area contributed by atoms with E-state index >= 15 is 0 Å². The lowest BCUT2D eigenvalue weighted by Gasteiger charge is -2.38. The fourth-order valence-electron chi connectivity index (χ4n) is 3.19. The Morgan fingerprint density at radius 1 is 1.21 bits per heavy atom. The molecular weight excluding hydrogens is 346 g/mol. The van der Waals surface area contributed by atoms with E-state index in [0.717, 1.165) is 48.5 Å². The van der Waals surface area contributed by atoms with Gasteiger partial charge < -0.3 is 14.4 Å². The fourth-order valence-corrected chi connectivity index (χ4v) is 4.29. The first-order valence-corrected chi connectivity index (χ1v) is 9.55. The van der Waals surface area contributed by atoms with Crippen molar-refractivity contribution in [2.75, 3.05) is 37.9 Å². The van der Waals surface area contributed by atoms with Crippen LogP contribution in [0.3, 0.4) is 0 Å². The van der Waals surface area contributed by atoms with Crippen LogP contribution in [0.5, 0.6) is 11.5 Å². The summed E-state index contributed by atoms with van der Waals surface area (Å²) in [6.07, 6.45) is 0. The quantitative estimate of drug-likeness (QED) is 0.775. The monoisotopic (exact) mass is 365 g/mol. The molecule has 0 amide bonds. The number of halogens is 1. The highest BCUT2D eigenvalue weighted by Gasteiger charge is 2.25. The minimum Gasteiger partial charge on any atom is -0.454 e. The summed E-state index contributed by atoms with van der Waals surface area (Å²) in [5.41, 5.74) is 2.24. The first-order valence-electron chi connectivity index (χ1n) is 8.13. The fraction of sp³-hybridized carbons (Fsp3) is 0.471. The van der Waals surface area contributed by atoms with Crippen LogP contribution in [-0.4, -0.2) is 42.9 Å². The van der Waals surface area contributed by atoms with Gasteiger partial charge in [-0.1, -0.05) is 6.07 Å². The molecule has 1 fully saturated rings. The van der Waals surface area contributed by atoms with Crippen LogP contribution in [-0.2, 0) is 5.88 Å². The zero-order valence-electron chi connectivity index (χ0n) is 13.6. The lowest BCUT2D eigenvalue weighted by atomic mass is 10.1. The standard InChI is InChI=1S/C17H20ClN3O2S/c1-12(13-2-3-15-16(8-13)23-11-22-15)20-4-6-21(7-5-20)17-19-14(9-18)10-24-17/h2-3,8,10,12H,4-7,9,11H2,1H3. The molecule has 2 aliphatic rings. The number of hydrogen-bond acceptors (Lipinski definition) is 6. The van der Waals surface area contributed by atoms with Crippen LogP contribution in [0.25, 0.3) is 0 Å². The maximum absolute atomic E-state index is 5.85. The zero-order chi connectivity index (χ0) is 16.5. The van der Waals surface area contributed by atoms with Gasteiger partial charge in [-0.25, -0.2) is 4.98 Å².